The van der Waals surface area contributed by atoms with Crippen LogP contribution in [-0.2, 0) is 0 Å². The predicted octanol–water partition coefficient (Wildman–Crippen LogP) is 3.23. The second-order valence-corrected chi connectivity index (χ2v) is 5.48. The van der Waals surface area contributed by atoms with Crippen LogP contribution in [-0.4, -0.2) is 28.6 Å². The van der Waals surface area contributed by atoms with Crippen molar-refractivity contribution >= 4 is 0 Å². The molecule has 0 bridgehead atoms. The summed E-state index contributed by atoms with van der Waals surface area (Å²) in [5, 5.41) is 4.00. The zero-order valence-electron chi connectivity index (χ0n) is 11.9. The summed E-state index contributed by atoms with van der Waals surface area (Å²) < 4.78 is 5.31. The summed E-state index contributed by atoms with van der Waals surface area (Å²) in [5.41, 5.74) is 0. The van der Waals surface area contributed by atoms with Gasteiger partial charge in [-0.15, -0.1) is 0 Å². The van der Waals surface area contributed by atoms with E-state index in [1.807, 2.05) is 0 Å². The van der Waals surface area contributed by atoms with Gasteiger partial charge in [0.1, 0.15) is 0 Å². The van der Waals surface area contributed by atoms with E-state index in [9.17, 15) is 0 Å². The number of hydrogen-bond acceptors (Lipinski definition) is 4. The molecule has 0 spiro atoms. The lowest BCUT2D eigenvalue weighted by Crippen LogP contribution is -2.24. The summed E-state index contributed by atoms with van der Waals surface area (Å²) in [6, 6.07) is 0.189. The lowest BCUT2D eigenvalue weighted by atomic mass is 10.1. The second kappa shape index (κ2) is 6.15. The Morgan fingerprint density at radius 2 is 1.82 bits per heavy atom. The van der Waals surface area contributed by atoms with Crippen molar-refractivity contribution in [3.8, 4) is 0 Å². The highest BCUT2D eigenvalue weighted by Gasteiger charge is 2.19. The van der Waals surface area contributed by atoms with Gasteiger partial charge in [0, 0.05) is 5.92 Å². The Morgan fingerprint density at radius 1 is 1.18 bits per heavy atom. The smallest absolute Gasteiger partial charge is 0.243 e. The summed E-state index contributed by atoms with van der Waals surface area (Å²) in [6.07, 6.45) is 1.19. The Hall–Kier alpha value is -0.900. The average molecular weight is 239 g/mol. The molecule has 0 saturated heterocycles. The second-order valence-electron chi connectivity index (χ2n) is 5.48. The fraction of sp³-hybridized carbons (Fsp3) is 0.846. The van der Waals surface area contributed by atoms with Crippen LogP contribution in [0.2, 0.25) is 0 Å². The van der Waals surface area contributed by atoms with E-state index >= 15 is 0 Å². The zero-order chi connectivity index (χ0) is 13.0. The SMILES string of the molecule is CC(C)CCN(C)C(C)c1nc(C(C)C)no1. The minimum Gasteiger partial charge on any atom is -0.338 e. The lowest BCUT2D eigenvalue weighted by Gasteiger charge is -2.22. The maximum absolute atomic E-state index is 5.31. The molecule has 1 heterocycles. The van der Waals surface area contributed by atoms with Gasteiger partial charge in [0.15, 0.2) is 5.82 Å². The van der Waals surface area contributed by atoms with Gasteiger partial charge in [-0.1, -0.05) is 32.9 Å². The largest absolute Gasteiger partial charge is 0.338 e. The van der Waals surface area contributed by atoms with Crippen molar-refractivity contribution in [2.45, 2.75) is 53.0 Å². The summed E-state index contributed by atoms with van der Waals surface area (Å²) in [7, 11) is 2.10. The summed E-state index contributed by atoms with van der Waals surface area (Å²) in [4.78, 5) is 6.70. The molecule has 17 heavy (non-hydrogen) atoms. The molecule has 0 saturated carbocycles. The molecular weight excluding hydrogens is 214 g/mol. The molecule has 0 aliphatic rings. The third-order valence-corrected chi connectivity index (χ3v) is 3.05. The van der Waals surface area contributed by atoms with E-state index in [1.54, 1.807) is 0 Å². The van der Waals surface area contributed by atoms with Crippen molar-refractivity contribution in [1.29, 1.82) is 0 Å². The summed E-state index contributed by atoms with van der Waals surface area (Å²) >= 11 is 0. The number of nitrogens with zero attached hydrogens (tertiary/aromatic N) is 3. The standard InChI is InChI=1S/C13H25N3O/c1-9(2)7-8-16(6)11(5)13-14-12(10(3)4)15-17-13/h9-11H,7-8H2,1-6H3. The first-order valence-corrected chi connectivity index (χ1v) is 6.45. The van der Waals surface area contributed by atoms with Crippen LogP contribution in [0, 0.1) is 5.92 Å². The Kier molecular flexibility index (Phi) is 5.12. The van der Waals surface area contributed by atoms with Crippen molar-refractivity contribution in [3.05, 3.63) is 11.7 Å². The van der Waals surface area contributed by atoms with E-state index in [0.717, 1.165) is 24.2 Å². The van der Waals surface area contributed by atoms with Crippen LogP contribution < -0.4 is 0 Å². The third kappa shape index (κ3) is 4.11. The van der Waals surface area contributed by atoms with E-state index in [1.165, 1.54) is 6.42 Å². The molecule has 1 unspecified atom stereocenters. The van der Waals surface area contributed by atoms with E-state index < -0.39 is 0 Å². The minimum absolute atomic E-state index is 0.189. The van der Waals surface area contributed by atoms with E-state index in [2.05, 4.69) is 56.7 Å². The fourth-order valence-electron chi connectivity index (χ4n) is 1.50. The zero-order valence-corrected chi connectivity index (χ0v) is 11.9. The van der Waals surface area contributed by atoms with Gasteiger partial charge in [-0.3, -0.25) is 4.90 Å². The van der Waals surface area contributed by atoms with Gasteiger partial charge in [0.05, 0.1) is 6.04 Å². The van der Waals surface area contributed by atoms with Crippen molar-refractivity contribution in [2.75, 3.05) is 13.6 Å². The van der Waals surface area contributed by atoms with Crippen LogP contribution in [0.3, 0.4) is 0 Å². The van der Waals surface area contributed by atoms with Crippen LogP contribution in [0.15, 0.2) is 4.52 Å². The van der Waals surface area contributed by atoms with Crippen LogP contribution in [0.4, 0.5) is 0 Å². The van der Waals surface area contributed by atoms with Gasteiger partial charge in [-0.2, -0.15) is 4.98 Å². The van der Waals surface area contributed by atoms with Crippen LogP contribution in [0.5, 0.6) is 0 Å². The number of hydrogen-bond donors (Lipinski definition) is 0. The molecule has 0 amide bonds. The third-order valence-electron chi connectivity index (χ3n) is 3.05. The molecule has 1 atom stereocenters. The molecule has 0 N–H and O–H groups in total. The lowest BCUT2D eigenvalue weighted by molar-refractivity contribution is 0.200. The maximum Gasteiger partial charge on any atom is 0.243 e. The quantitative estimate of drug-likeness (QED) is 0.764. The number of rotatable bonds is 6. The van der Waals surface area contributed by atoms with Crippen molar-refractivity contribution in [1.82, 2.24) is 15.0 Å². The Bertz CT molecular complexity index is 333. The summed E-state index contributed by atoms with van der Waals surface area (Å²) in [5.74, 6) is 2.56. The molecule has 0 aromatic carbocycles. The number of aromatic nitrogens is 2. The van der Waals surface area contributed by atoms with Gasteiger partial charge in [0.25, 0.3) is 0 Å². The first-order chi connectivity index (χ1) is 7.91. The Balaban J connectivity index is 2.58. The predicted molar refractivity (Wildman–Crippen MR) is 68.9 cm³/mol. The van der Waals surface area contributed by atoms with Crippen molar-refractivity contribution < 1.29 is 4.52 Å². The molecule has 4 nitrogen and oxygen atoms in total. The molecule has 0 radical (unpaired) electrons. The first kappa shape index (κ1) is 14.2. The van der Waals surface area contributed by atoms with Gasteiger partial charge in [0.2, 0.25) is 5.89 Å². The topological polar surface area (TPSA) is 42.2 Å². The minimum atomic E-state index is 0.189. The molecule has 0 aliphatic heterocycles. The Labute approximate surface area is 104 Å². The molecule has 0 fully saturated rings. The van der Waals surface area contributed by atoms with Gasteiger partial charge in [-0.25, -0.2) is 0 Å². The fourth-order valence-corrected chi connectivity index (χ4v) is 1.50. The molecule has 4 heteroatoms. The molecule has 1 rings (SSSR count). The maximum atomic E-state index is 5.31. The molecule has 98 valence electrons. The summed E-state index contributed by atoms with van der Waals surface area (Å²) in [6.45, 7) is 11.8. The highest BCUT2D eigenvalue weighted by molar-refractivity contribution is 4.95. The van der Waals surface area contributed by atoms with E-state index in [4.69, 9.17) is 4.52 Å². The van der Waals surface area contributed by atoms with Gasteiger partial charge >= 0.3 is 0 Å². The van der Waals surface area contributed by atoms with Crippen molar-refractivity contribution in [2.24, 2.45) is 5.92 Å². The van der Waals surface area contributed by atoms with E-state index in [-0.39, 0.29) is 6.04 Å². The molecule has 1 aromatic heterocycles. The molecule has 0 aliphatic carbocycles. The monoisotopic (exact) mass is 239 g/mol. The normalized spacial score (nSPS) is 13.9. The van der Waals surface area contributed by atoms with Crippen molar-refractivity contribution in [3.63, 3.8) is 0 Å². The van der Waals surface area contributed by atoms with Crippen LogP contribution in [0.1, 0.15) is 64.7 Å². The highest BCUT2D eigenvalue weighted by atomic mass is 16.5. The van der Waals surface area contributed by atoms with Gasteiger partial charge < -0.3 is 4.52 Å². The van der Waals surface area contributed by atoms with Gasteiger partial charge in [-0.05, 0) is 32.9 Å². The molecular formula is C13H25N3O. The van der Waals surface area contributed by atoms with Crippen LogP contribution >= 0.6 is 0 Å². The van der Waals surface area contributed by atoms with Crippen LogP contribution in [0.25, 0.3) is 0 Å². The highest BCUT2D eigenvalue weighted by Crippen LogP contribution is 2.20. The first-order valence-electron chi connectivity index (χ1n) is 6.45. The molecule has 1 aromatic rings. The Morgan fingerprint density at radius 3 is 2.29 bits per heavy atom. The van der Waals surface area contributed by atoms with E-state index in [0.29, 0.717) is 5.92 Å². The average Bonchev–Trinajstić information content (AvgIpc) is 2.73.